The lowest BCUT2D eigenvalue weighted by Gasteiger charge is -2.35. The van der Waals surface area contributed by atoms with Crippen LogP contribution in [-0.4, -0.2) is 64.5 Å². The van der Waals surface area contributed by atoms with Crippen molar-refractivity contribution in [3.05, 3.63) is 70.8 Å². The number of rotatable bonds is 4. The molecule has 0 N–H and O–H groups in total. The summed E-state index contributed by atoms with van der Waals surface area (Å²) in [6.07, 6.45) is 3.04. The Morgan fingerprint density at radius 3 is 2.03 bits per heavy atom. The number of piperazine rings is 1. The zero-order valence-corrected chi connectivity index (χ0v) is 19.6. The van der Waals surface area contributed by atoms with Crippen LogP contribution in [0.2, 0.25) is 0 Å². The highest BCUT2D eigenvalue weighted by atomic mass is 32.2. The van der Waals surface area contributed by atoms with E-state index < -0.39 is 10.0 Å². The van der Waals surface area contributed by atoms with Crippen LogP contribution in [0.3, 0.4) is 0 Å². The number of aryl methyl sites for hydroxylation is 2. The van der Waals surface area contributed by atoms with Crippen molar-refractivity contribution in [1.82, 2.24) is 24.0 Å². The second-order valence-corrected chi connectivity index (χ2v) is 10.0. The quantitative estimate of drug-likeness (QED) is 0.606. The Labute approximate surface area is 188 Å². The smallest absolute Gasteiger partial charge is 0.253 e. The molecule has 0 saturated carbocycles. The van der Waals surface area contributed by atoms with Crippen molar-refractivity contribution in [2.45, 2.75) is 32.6 Å². The second-order valence-electron chi connectivity index (χ2n) is 8.17. The average molecular weight is 454 g/mol. The van der Waals surface area contributed by atoms with Gasteiger partial charge >= 0.3 is 0 Å². The fourth-order valence-corrected chi connectivity index (χ4v) is 6.11. The molecule has 0 aliphatic carbocycles. The molecule has 2 aromatic carbocycles. The molecule has 9 heteroatoms. The largest absolute Gasteiger partial charge is 0.336 e. The normalized spacial score (nSPS) is 15.2. The third-order valence-corrected chi connectivity index (χ3v) is 8.39. The van der Waals surface area contributed by atoms with E-state index in [1.807, 2.05) is 45.9 Å². The van der Waals surface area contributed by atoms with Crippen LogP contribution in [0.5, 0.6) is 0 Å². The number of carbonyl (C=O) groups is 1. The molecule has 1 saturated heterocycles. The predicted molar refractivity (Wildman–Crippen MR) is 121 cm³/mol. The summed E-state index contributed by atoms with van der Waals surface area (Å²) in [6.45, 7) is 8.84. The fraction of sp³-hybridized carbons (Fsp3) is 0.348. The van der Waals surface area contributed by atoms with Gasteiger partial charge in [0.2, 0.25) is 10.0 Å². The number of hydrogen-bond donors (Lipinski definition) is 0. The van der Waals surface area contributed by atoms with Crippen molar-refractivity contribution < 1.29 is 13.2 Å². The molecule has 0 atom stereocenters. The molecule has 1 amide bonds. The lowest BCUT2D eigenvalue weighted by Crippen LogP contribution is -2.50. The number of aromatic nitrogens is 3. The first-order chi connectivity index (χ1) is 15.2. The van der Waals surface area contributed by atoms with Gasteiger partial charge in [-0.05, 0) is 74.2 Å². The molecule has 0 radical (unpaired) electrons. The molecule has 0 unspecified atom stereocenters. The molecule has 2 heterocycles. The van der Waals surface area contributed by atoms with Crippen LogP contribution < -0.4 is 0 Å². The van der Waals surface area contributed by atoms with Crippen molar-refractivity contribution in [1.29, 1.82) is 0 Å². The van der Waals surface area contributed by atoms with E-state index in [4.69, 9.17) is 0 Å². The molecule has 1 aromatic heterocycles. The summed E-state index contributed by atoms with van der Waals surface area (Å²) in [5.41, 5.74) is 4.89. The standard InChI is InChI=1S/C23H27N5O3S/c1-16-13-17(2)19(4)22(18(16)3)32(30,31)27-11-9-26(10-12-27)23(29)20-5-7-21(8-6-20)28-15-24-14-25-28/h5-8,13-15H,9-12H2,1-4H3. The first-order valence-electron chi connectivity index (χ1n) is 10.5. The predicted octanol–water partition coefficient (Wildman–Crippen LogP) is 2.65. The number of hydrogen-bond acceptors (Lipinski definition) is 5. The van der Waals surface area contributed by atoms with Crippen LogP contribution in [0.1, 0.15) is 32.6 Å². The molecular weight excluding hydrogens is 426 g/mol. The summed E-state index contributed by atoms with van der Waals surface area (Å²) in [5.74, 6) is -0.106. The van der Waals surface area contributed by atoms with E-state index in [9.17, 15) is 13.2 Å². The first kappa shape index (κ1) is 22.2. The highest BCUT2D eigenvalue weighted by Crippen LogP contribution is 2.29. The number of benzene rings is 2. The van der Waals surface area contributed by atoms with E-state index in [1.165, 1.54) is 10.6 Å². The van der Waals surface area contributed by atoms with Crippen LogP contribution in [0.4, 0.5) is 0 Å². The van der Waals surface area contributed by atoms with E-state index in [0.717, 1.165) is 27.9 Å². The van der Waals surface area contributed by atoms with Crippen LogP contribution >= 0.6 is 0 Å². The van der Waals surface area contributed by atoms with Gasteiger partial charge in [-0.25, -0.2) is 18.1 Å². The van der Waals surface area contributed by atoms with E-state index in [2.05, 4.69) is 10.1 Å². The molecule has 0 spiro atoms. The Morgan fingerprint density at radius 2 is 1.50 bits per heavy atom. The minimum atomic E-state index is -3.63. The van der Waals surface area contributed by atoms with Crippen LogP contribution in [0.15, 0.2) is 47.9 Å². The van der Waals surface area contributed by atoms with Gasteiger partial charge in [0.25, 0.3) is 5.91 Å². The second kappa shape index (κ2) is 8.48. The van der Waals surface area contributed by atoms with Crippen molar-refractivity contribution in [2.75, 3.05) is 26.2 Å². The molecule has 8 nitrogen and oxygen atoms in total. The van der Waals surface area contributed by atoms with Gasteiger partial charge in [-0.2, -0.15) is 9.40 Å². The third kappa shape index (κ3) is 3.93. The highest BCUT2D eigenvalue weighted by Gasteiger charge is 2.33. The number of sulfonamides is 1. The minimum Gasteiger partial charge on any atom is -0.336 e. The van der Waals surface area contributed by atoms with Crippen molar-refractivity contribution in [3.63, 3.8) is 0 Å². The maximum absolute atomic E-state index is 13.4. The van der Waals surface area contributed by atoms with Gasteiger partial charge in [0.15, 0.2) is 0 Å². The lowest BCUT2D eigenvalue weighted by atomic mass is 10.0. The molecule has 3 aromatic rings. The molecule has 1 aliphatic rings. The van der Waals surface area contributed by atoms with Gasteiger partial charge in [-0.3, -0.25) is 4.79 Å². The van der Waals surface area contributed by atoms with Gasteiger partial charge < -0.3 is 4.90 Å². The number of amides is 1. The maximum Gasteiger partial charge on any atom is 0.253 e. The molecule has 1 aliphatic heterocycles. The molecule has 0 bridgehead atoms. The summed E-state index contributed by atoms with van der Waals surface area (Å²) in [5, 5.41) is 4.08. The van der Waals surface area contributed by atoms with Crippen molar-refractivity contribution >= 4 is 15.9 Å². The lowest BCUT2D eigenvalue weighted by molar-refractivity contribution is 0.0698. The van der Waals surface area contributed by atoms with E-state index in [0.29, 0.717) is 23.5 Å². The van der Waals surface area contributed by atoms with Gasteiger partial charge in [0.05, 0.1) is 10.6 Å². The average Bonchev–Trinajstić information content (AvgIpc) is 3.32. The zero-order valence-electron chi connectivity index (χ0n) is 18.7. The monoisotopic (exact) mass is 453 g/mol. The van der Waals surface area contributed by atoms with Gasteiger partial charge in [0.1, 0.15) is 12.7 Å². The summed E-state index contributed by atoms with van der Waals surface area (Å²) >= 11 is 0. The Morgan fingerprint density at radius 1 is 0.906 bits per heavy atom. The zero-order chi connectivity index (χ0) is 23.0. The number of carbonyl (C=O) groups excluding carboxylic acids is 1. The Kier molecular flexibility index (Phi) is 5.87. The van der Waals surface area contributed by atoms with Gasteiger partial charge in [-0.1, -0.05) is 6.07 Å². The number of nitrogens with zero attached hydrogens (tertiary/aromatic N) is 5. The molecule has 32 heavy (non-hydrogen) atoms. The SMILES string of the molecule is Cc1cc(C)c(C)c(S(=O)(=O)N2CCN(C(=O)c3ccc(-n4cncn4)cc3)CC2)c1C. The van der Waals surface area contributed by atoms with E-state index in [1.54, 1.807) is 28.0 Å². The molecule has 4 rings (SSSR count). The Balaban J connectivity index is 1.48. The van der Waals surface area contributed by atoms with Crippen LogP contribution in [0.25, 0.3) is 5.69 Å². The Hall–Kier alpha value is -3.04. The van der Waals surface area contributed by atoms with Crippen LogP contribution in [-0.2, 0) is 10.0 Å². The molecular formula is C23H27N5O3S. The van der Waals surface area contributed by atoms with E-state index in [-0.39, 0.29) is 19.0 Å². The summed E-state index contributed by atoms with van der Waals surface area (Å²) < 4.78 is 30.0. The summed E-state index contributed by atoms with van der Waals surface area (Å²) in [6, 6.07) is 9.16. The Bertz CT molecular complexity index is 1220. The van der Waals surface area contributed by atoms with Gasteiger partial charge in [0, 0.05) is 31.7 Å². The highest BCUT2D eigenvalue weighted by molar-refractivity contribution is 7.89. The van der Waals surface area contributed by atoms with Crippen molar-refractivity contribution in [3.8, 4) is 5.69 Å². The molecule has 1 fully saturated rings. The van der Waals surface area contributed by atoms with Crippen LogP contribution in [0, 0.1) is 27.7 Å². The summed E-state index contributed by atoms with van der Waals surface area (Å²) in [4.78, 5) is 19.0. The van der Waals surface area contributed by atoms with E-state index >= 15 is 0 Å². The first-order valence-corrected chi connectivity index (χ1v) is 12.0. The third-order valence-electron chi connectivity index (χ3n) is 6.22. The van der Waals surface area contributed by atoms with Gasteiger partial charge in [-0.15, -0.1) is 0 Å². The molecule has 168 valence electrons. The topological polar surface area (TPSA) is 88.4 Å². The summed E-state index contributed by atoms with van der Waals surface area (Å²) in [7, 11) is -3.63. The minimum absolute atomic E-state index is 0.106. The van der Waals surface area contributed by atoms with Crippen molar-refractivity contribution in [2.24, 2.45) is 0 Å². The maximum atomic E-state index is 13.4. The fourth-order valence-electron chi connectivity index (χ4n) is 4.11.